The zero-order valence-corrected chi connectivity index (χ0v) is 12.7. The van der Waals surface area contributed by atoms with Crippen LogP contribution in [0, 0.1) is 17.1 Å². The van der Waals surface area contributed by atoms with Gasteiger partial charge in [-0.2, -0.15) is 5.26 Å². The Balaban J connectivity index is 2.21. The molecule has 0 heterocycles. The van der Waals surface area contributed by atoms with Gasteiger partial charge in [0.2, 0.25) is 0 Å². The van der Waals surface area contributed by atoms with Crippen LogP contribution in [-0.4, -0.2) is 17.0 Å². The van der Waals surface area contributed by atoms with E-state index in [2.05, 4.69) is 5.32 Å². The largest absolute Gasteiger partial charge is 0.481 e. The second-order valence-electron chi connectivity index (χ2n) is 5.21. The zero-order valence-electron chi connectivity index (χ0n) is 12.7. The fourth-order valence-electron chi connectivity index (χ4n) is 2.28. The molecule has 0 fully saturated rings. The lowest BCUT2D eigenvalue weighted by Crippen LogP contribution is -2.30. The molecule has 0 spiro atoms. The second-order valence-corrected chi connectivity index (χ2v) is 5.21. The molecule has 2 N–H and O–H groups in total. The van der Waals surface area contributed by atoms with Crippen LogP contribution in [0.15, 0.2) is 48.5 Å². The number of nitrogens with zero attached hydrogens (tertiary/aromatic N) is 1. The summed E-state index contributed by atoms with van der Waals surface area (Å²) in [5.74, 6) is -1.98. The van der Waals surface area contributed by atoms with Gasteiger partial charge in [-0.25, -0.2) is 4.39 Å². The smallest absolute Gasteiger partial charge is 0.305 e. The van der Waals surface area contributed by atoms with Crippen molar-refractivity contribution in [3.05, 3.63) is 71.0 Å². The summed E-state index contributed by atoms with van der Waals surface area (Å²) in [6, 6.07) is 13.1. The topological polar surface area (TPSA) is 90.2 Å². The third-order valence-corrected chi connectivity index (χ3v) is 3.43. The summed E-state index contributed by atoms with van der Waals surface area (Å²) < 4.78 is 13.0. The summed E-state index contributed by atoms with van der Waals surface area (Å²) in [6.45, 7) is 0. The van der Waals surface area contributed by atoms with Crippen LogP contribution < -0.4 is 5.32 Å². The Kier molecular flexibility index (Phi) is 5.63. The number of carboxylic acids is 1. The SMILES string of the molecule is N#CCc1cccc(C(=O)NC(CC(=O)O)c2ccc(F)cc2)c1. The number of benzene rings is 2. The first-order valence-corrected chi connectivity index (χ1v) is 7.23. The van der Waals surface area contributed by atoms with E-state index in [9.17, 15) is 14.0 Å². The number of rotatable bonds is 6. The molecule has 1 amide bonds. The minimum absolute atomic E-state index is 0.178. The van der Waals surface area contributed by atoms with Crippen molar-refractivity contribution in [2.75, 3.05) is 0 Å². The highest BCUT2D eigenvalue weighted by Gasteiger charge is 2.19. The quantitative estimate of drug-likeness (QED) is 0.854. The highest BCUT2D eigenvalue weighted by atomic mass is 19.1. The van der Waals surface area contributed by atoms with Crippen molar-refractivity contribution < 1.29 is 19.1 Å². The number of carbonyl (C=O) groups excluding carboxylic acids is 1. The third-order valence-electron chi connectivity index (χ3n) is 3.43. The number of amides is 1. The maximum atomic E-state index is 13.0. The number of hydrogen-bond donors (Lipinski definition) is 2. The molecule has 2 aromatic carbocycles. The summed E-state index contributed by atoms with van der Waals surface area (Å²) >= 11 is 0. The van der Waals surface area contributed by atoms with Crippen LogP contribution >= 0.6 is 0 Å². The van der Waals surface area contributed by atoms with Gasteiger partial charge in [0.15, 0.2) is 0 Å². The molecule has 1 unspecified atom stereocenters. The minimum atomic E-state index is -1.08. The van der Waals surface area contributed by atoms with E-state index in [0.29, 0.717) is 16.7 Å². The molecule has 6 heteroatoms. The van der Waals surface area contributed by atoms with Crippen molar-refractivity contribution in [2.45, 2.75) is 18.9 Å². The van der Waals surface area contributed by atoms with Gasteiger partial charge in [0, 0.05) is 5.56 Å². The Hall–Kier alpha value is -3.20. The van der Waals surface area contributed by atoms with Crippen LogP contribution in [0.4, 0.5) is 4.39 Å². The fourth-order valence-corrected chi connectivity index (χ4v) is 2.28. The highest BCUT2D eigenvalue weighted by Crippen LogP contribution is 2.18. The van der Waals surface area contributed by atoms with Crippen molar-refractivity contribution in [3.8, 4) is 6.07 Å². The number of nitriles is 1. The molecule has 0 saturated heterocycles. The second kappa shape index (κ2) is 7.88. The van der Waals surface area contributed by atoms with Gasteiger partial charge in [-0.05, 0) is 35.4 Å². The maximum absolute atomic E-state index is 13.0. The normalized spacial score (nSPS) is 11.3. The average Bonchev–Trinajstić information content (AvgIpc) is 2.55. The van der Waals surface area contributed by atoms with Crippen molar-refractivity contribution in [3.63, 3.8) is 0 Å². The summed E-state index contributed by atoms with van der Waals surface area (Å²) in [4.78, 5) is 23.4. The Morgan fingerprint density at radius 1 is 1.21 bits per heavy atom. The van der Waals surface area contributed by atoms with E-state index in [1.54, 1.807) is 24.3 Å². The predicted molar refractivity (Wildman–Crippen MR) is 84.6 cm³/mol. The molecule has 122 valence electrons. The Labute approximate surface area is 138 Å². The zero-order chi connectivity index (χ0) is 17.5. The Morgan fingerprint density at radius 2 is 1.92 bits per heavy atom. The minimum Gasteiger partial charge on any atom is -0.481 e. The van der Waals surface area contributed by atoms with Crippen LogP contribution in [0.5, 0.6) is 0 Å². The van der Waals surface area contributed by atoms with Crippen molar-refractivity contribution >= 4 is 11.9 Å². The number of aliphatic carboxylic acids is 1. The number of halogens is 1. The highest BCUT2D eigenvalue weighted by molar-refractivity contribution is 5.94. The molecule has 0 aliphatic heterocycles. The van der Waals surface area contributed by atoms with E-state index < -0.39 is 23.7 Å². The van der Waals surface area contributed by atoms with Crippen molar-refractivity contribution in [2.24, 2.45) is 0 Å². The van der Waals surface area contributed by atoms with Crippen LogP contribution in [-0.2, 0) is 11.2 Å². The van der Waals surface area contributed by atoms with E-state index in [1.807, 2.05) is 6.07 Å². The molecular weight excluding hydrogens is 311 g/mol. The average molecular weight is 326 g/mol. The number of hydrogen-bond acceptors (Lipinski definition) is 3. The molecule has 2 aromatic rings. The molecule has 0 saturated carbocycles. The van der Waals surface area contributed by atoms with E-state index in [4.69, 9.17) is 10.4 Å². The van der Waals surface area contributed by atoms with Crippen molar-refractivity contribution in [1.82, 2.24) is 5.32 Å². The first-order valence-electron chi connectivity index (χ1n) is 7.23. The van der Waals surface area contributed by atoms with E-state index >= 15 is 0 Å². The molecule has 0 bridgehead atoms. The standard InChI is InChI=1S/C18H15FN2O3/c19-15-6-4-13(5-7-15)16(11-17(22)23)21-18(24)14-3-1-2-12(10-14)8-9-20/h1-7,10,16H,8,11H2,(H,21,24)(H,22,23). The molecule has 5 nitrogen and oxygen atoms in total. The van der Waals surface area contributed by atoms with Gasteiger partial charge in [0.05, 0.1) is 25.0 Å². The lowest BCUT2D eigenvalue weighted by Gasteiger charge is -2.17. The van der Waals surface area contributed by atoms with Gasteiger partial charge in [0.1, 0.15) is 5.82 Å². The molecule has 0 aromatic heterocycles. The van der Waals surface area contributed by atoms with Crippen LogP contribution in [0.1, 0.15) is 33.9 Å². The summed E-state index contributed by atoms with van der Waals surface area (Å²) in [5.41, 5.74) is 1.53. The monoisotopic (exact) mass is 326 g/mol. The molecule has 0 radical (unpaired) electrons. The summed E-state index contributed by atoms with van der Waals surface area (Å²) in [5, 5.41) is 20.4. The van der Waals surface area contributed by atoms with Gasteiger partial charge in [-0.3, -0.25) is 9.59 Å². The number of carboxylic acid groups (broad SMARTS) is 1. The van der Waals surface area contributed by atoms with Crippen LogP contribution in [0.3, 0.4) is 0 Å². The first kappa shape index (κ1) is 17.2. The van der Waals surface area contributed by atoms with Crippen LogP contribution in [0.25, 0.3) is 0 Å². The van der Waals surface area contributed by atoms with E-state index in [1.165, 1.54) is 24.3 Å². The number of nitrogens with one attached hydrogen (secondary N) is 1. The molecule has 0 aliphatic carbocycles. The first-order chi connectivity index (χ1) is 11.5. The predicted octanol–water partition coefficient (Wildman–Crippen LogP) is 2.84. The van der Waals surface area contributed by atoms with Gasteiger partial charge in [0.25, 0.3) is 5.91 Å². The van der Waals surface area contributed by atoms with Gasteiger partial charge >= 0.3 is 5.97 Å². The van der Waals surface area contributed by atoms with E-state index in [-0.39, 0.29) is 12.8 Å². The maximum Gasteiger partial charge on any atom is 0.305 e. The Bertz CT molecular complexity index is 782. The van der Waals surface area contributed by atoms with E-state index in [0.717, 1.165) is 0 Å². The molecule has 24 heavy (non-hydrogen) atoms. The Morgan fingerprint density at radius 3 is 2.54 bits per heavy atom. The summed E-state index contributed by atoms with van der Waals surface area (Å²) in [7, 11) is 0. The van der Waals surface area contributed by atoms with Gasteiger partial charge in [-0.1, -0.05) is 24.3 Å². The summed E-state index contributed by atoms with van der Waals surface area (Å²) in [6.07, 6.45) is -0.146. The van der Waals surface area contributed by atoms with Gasteiger partial charge < -0.3 is 10.4 Å². The molecule has 2 rings (SSSR count). The lowest BCUT2D eigenvalue weighted by atomic mass is 10.0. The molecular formula is C18H15FN2O3. The van der Waals surface area contributed by atoms with Crippen molar-refractivity contribution in [1.29, 1.82) is 5.26 Å². The number of carbonyl (C=O) groups is 2. The molecule has 0 aliphatic rings. The molecule has 1 atom stereocenters. The van der Waals surface area contributed by atoms with Gasteiger partial charge in [-0.15, -0.1) is 0 Å². The lowest BCUT2D eigenvalue weighted by molar-refractivity contribution is -0.137. The fraction of sp³-hybridized carbons (Fsp3) is 0.167. The third kappa shape index (κ3) is 4.65. The van der Waals surface area contributed by atoms with Crippen LogP contribution in [0.2, 0.25) is 0 Å².